The van der Waals surface area contributed by atoms with Gasteiger partial charge < -0.3 is 5.32 Å². The quantitative estimate of drug-likeness (QED) is 0.517. The minimum Gasteiger partial charge on any atom is -0.326 e. The summed E-state index contributed by atoms with van der Waals surface area (Å²) in [6.07, 6.45) is 0.612. The summed E-state index contributed by atoms with van der Waals surface area (Å²) in [5.74, 6) is -0.653. The second-order valence-corrected chi connectivity index (χ2v) is 8.99. The molecule has 2 amide bonds. The lowest BCUT2D eigenvalue weighted by Crippen LogP contribution is -2.35. The molecule has 1 aliphatic rings. The van der Waals surface area contributed by atoms with Crippen molar-refractivity contribution in [1.29, 1.82) is 0 Å². The molecule has 1 heterocycles. The van der Waals surface area contributed by atoms with E-state index in [0.717, 1.165) is 16.8 Å². The van der Waals surface area contributed by atoms with E-state index in [-0.39, 0.29) is 24.1 Å². The van der Waals surface area contributed by atoms with Crippen molar-refractivity contribution in [2.24, 2.45) is 4.99 Å². The number of rotatable bonds is 7. The Labute approximate surface area is 196 Å². The first-order valence-corrected chi connectivity index (χ1v) is 11.6. The number of amidine groups is 1. The Bertz CT molecular complexity index is 1170. The molecule has 1 saturated heterocycles. The van der Waals surface area contributed by atoms with Gasteiger partial charge in [0.25, 0.3) is 0 Å². The maximum absolute atomic E-state index is 13.2. The number of nitrogens with zero attached hydrogens (tertiary/aromatic N) is 2. The van der Waals surface area contributed by atoms with E-state index in [1.165, 1.54) is 23.9 Å². The Morgan fingerprint density at radius 3 is 2.55 bits per heavy atom. The predicted molar refractivity (Wildman–Crippen MR) is 131 cm³/mol. The number of amides is 2. The molecule has 0 saturated carbocycles. The van der Waals surface area contributed by atoms with Crippen LogP contribution in [-0.4, -0.2) is 33.7 Å². The zero-order valence-corrected chi connectivity index (χ0v) is 19.0. The van der Waals surface area contributed by atoms with Crippen LogP contribution in [0.25, 0.3) is 0 Å². The summed E-state index contributed by atoms with van der Waals surface area (Å²) in [5, 5.41) is 2.89. The van der Waals surface area contributed by atoms with Gasteiger partial charge in [-0.3, -0.25) is 14.5 Å². The largest absolute Gasteiger partial charge is 0.326 e. The van der Waals surface area contributed by atoms with E-state index in [9.17, 15) is 14.0 Å². The van der Waals surface area contributed by atoms with Crippen molar-refractivity contribution in [2.75, 3.05) is 11.9 Å². The number of hydrogen-bond donors (Lipinski definition) is 1. The van der Waals surface area contributed by atoms with Crippen LogP contribution in [0.4, 0.5) is 15.8 Å². The highest BCUT2D eigenvalue weighted by Crippen LogP contribution is 2.32. The van der Waals surface area contributed by atoms with Crippen molar-refractivity contribution in [3.05, 3.63) is 95.8 Å². The first-order chi connectivity index (χ1) is 16.0. The number of benzene rings is 3. The Balaban J connectivity index is 1.49. The second-order valence-electron chi connectivity index (χ2n) is 7.82. The van der Waals surface area contributed by atoms with Crippen LogP contribution in [0.15, 0.2) is 83.9 Å². The number of anilines is 1. The van der Waals surface area contributed by atoms with Gasteiger partial charge in [-0.1, -0.05) is 54.2 Å². The number of nitrogens with one attached hydrogen (secondary N) is 1. The topological polar surface area (TPSA) is 61.8 Å². The minimum absolute atomic E-state index is 0.0539. The summed E-state index contributed by atoms with van der Waals surface area (Å²) in [4.78, 5) is 32.1. The third kappa shape index (κ3) is 6.08. The Kier molecular flexibility index (Phi) is 7.19. The van der Waals surface area contributed by atoms with Gasteiger partial charge >= 0.3 is 0 Å². The molecular weight excluding hydrogens is 437 g/mol. The number of aliphatic imine (C=N–C) groups is 1. The first kappa shape index (κ1) is 22.7. The van der Waals surface area contributed by atoms with E-state index in [1.807, 2.05) is 61.5 Å². The molecule has 1 fully saturated rings. The third-order valence-corrected chi connectivity index (χ3v) is 6.39. The van der Waals surface area contributed by atoms with Crippen molar-refractivity contribution < 1.29 is 14.0 Å². The van der Waals surface area contributed by atoms with E-state index in [0.29, 0.717) is 23.8 Å². The Morgan fingerprint density at radius 1 is 1.06 bits per heavy atom. The fraction of sp³-hybridized carbons (Fsp3) is 0.192. The van der Waals surface area contributed by atoms with Gasteiger partial charge in [0, 0.05) is 18.7 Å². The molecule has 33 heavy (non-hydrogen) atoms. The fourth-order valence-corrected chi connectivity index (χ4v) is 4.72. The number of carbonyl (C=O) groups excluding carboxylic acids is 2. The molecule has 0 aliphatic carbocycles. The molecule has 1 aliphatic heterocycles. The summed E-state index contributed by atoms with van der Waals surface area (Å²) < 4.78 is 13.2. The molecule has 0 spiro atoms. The highest BCUT2D eigenvalue weighted by Gasteiger charge is 2.39. The molecule has 4 rings (SSSR count). The SMILES string of the molecule is Cc1cccc(NC(=O)C[C@H]2SC(=Nc3ccccc3)N(CCc3ccc(F)cc3)C2=O)c1. The van der Waals surface area contributed by atoms with Gasteiger partial charge in [-0.15, -0.1) is 0 Å². The molecule has 5 nitrogen and oxygen atoms in total. The number of carbonyl (C=O) groups is 2. The number of hydrogen-bond acceptors (Lipinski definition) is 4. The molecule has 0 aromatic heterocycles. The van der Waals surface area contributed by atoms with Crippen LogP contribution in [0.1, 0.15) is 17.5 Å². The number of thioether (sulfide) groups is 1. The lowest BCUT2D eigenvalue weighted by molar-refractivity contribution is -0.128. The Hall–Kier alpha value is -3.45. The molecule has 3 aromatic carbocycles. The van der Waals surface area contributed by atoms with Crippen molar-refractivity contribution >= 4 is 40.1 Å². The zero-order valence-electron chi connectivity index (χ0n) is 18.2. The normalized spacial score (nSPS) is 16.9. The average molecular weight is 462 g/mol. The molecular formula is C26H24FN3O2S. The monoisotopic (exact) mass is 461 g/mol. The van der Waals surface area contributed by atoms with Crippen LogP contribution in [0.2, 0.25) is 0 Å². The van der Waals surface area contributed by atoms with Crippen molar-refractivity contribution in [3.63, 3.8) is 0 Å². The van der Waals surface area contributed by atoms with Gasteiger partial charge in [0.2, 0.25) is 11.8 Å². The molecule has 168 valence electrons. The zero-order chi connectivity index (χ0) is 23.2. The highest BCUT2D eigenvalue weighted by molar-refractivity contribution is 8.15. The summed E-state index contributed by atoms with van der Waals surface area (Å²) in [6, 6.07) is 23.2. The summed E-state index contributed by atoms with van der Waals surface area (Å²) >= 11 is 1.31. The third-order valence-electron chi connectivity index (χ3n) is 5.21. The van der Waals surface area contributed by atoms with Crippen LogP contribution in [0.3, 0.4) is 0 Å². The smallest absolute Gasteiger partial charge is 0.242 e. The second kappa shape index (κ2) is 10.4. The van der Waals surface area contributed by atoms with Crippen LogP contribution in [0.5, 0.6) is 0 Å². The number of aryl methyl sites for hydroxylation is 1. The predicted octanol–water partition coefficient (Wildman–Crippen LogP) is 5.34. The van der Waals surface area contributed by atoms with E-state index < -0.39 is 5.25 Å². The molecule has 7 heteroatoms. The van der Waals surface area contributed by atoms with Gasteiger partial charge in [0.05, 0.1) is 5.69 Å². The van der Waals surface area contributed by atoms with Gasteiger partial charge in [-0.25, -0.2) is 9.38 Å². The average Bonchev–Trinajstić information content (AvgIpc) is 3.08. The highest BCUT2D eigenvalue weighted by atomic mass is 32.2. The lowest BCUT2D eigenvalue weighted by Gasteiger charge is -2.16. The van der Waals surface area contributed by atoms with Crippen LogP contribution < -0.4 is 5.32 Å². The summed E-state index contributed by atoms with van der Waals surface area (Å²) in [5.41, 5.74) is 3.42. The summed E-state index contributed by atoms with van der Waals surface area (Å²) in [7, 11) is 0. The number of halogens is 1. The van der Waals surface area contributed by atoms with Gasteiger partial charge in [0.15, 0.2) is 5.17 Å². The summed E-state index contributed by atoms with van der Waals surface area (Å²) in [6.45, 7) is 2.36. The van der Waals surface area contributed by atoms with E-state index >= 15 is 0 Å². The van der Waals surface area contributed by atoms with Gasteiger partial charge in [0.1, 0.15) is 11.1 Å². The standard InChI is InChI=1S/C26H24FN3O2S/c1-18-6-5-9-22(16-18)28-24(31)17-23-25(32)30(15-14-19-10-12-20(27)13-11-19)26(33-23)29-21-7-3-2-4-8-21/h2-13,16,23H,14-15,17H2,1H3,(H,28,31)/t23-/m1/s1. The molecule has 0 unspecified atom stereocenters. The van der Waals surface area contributed by atoms with Crippen molar-refractivity contribution in [3.8, 4) is 0 Å². The molecule has 1 N–H and O–H groups in total. The molecule has 1 atom stereocenters. The Morgan fingerprint density at radius 2 is 1.82 bits per heavy atom. The van der Waals surface area contributed by atoms with Gasteiger partial charge in [-0.05, 0) is 60.9 Å². The maximum Gasteiger partial charge on any atom is 0.242 e. The first-order valence-electron chi connectivity index (χ1n) is 10.7. The van der Waals surface area contributed by atoms with E-state index in [4.69, 9.17) is 0 Å². The minimum atomic E-state index is -0.550. The van der Waals surface area contributed by atoms with Crippen LogP contribution >= 0.6 is 11.8 Å². The van der Waals surface area contributed by atoms with Gasteiger partial charge in [-0.2, -0.15) is 0 Å². The van der Waals surface area contributed by atoms with E-state index in [1.54, 1.807) is 17.0 Å². The fourth-order valence-electron chi connectivity index (χ4n) is 3.54. The lowest BCUT2D eigenvalue weighted by atomic mass is 10.1. The van der Waals surface area contributed by atoms with Crippen LogP contribution in [0, 0.1) is 12.7 Å². The van der Waals surface area contributed by atoms with Crippen molar-refractivity contribution in [2.45, 2.75) is 25.0 Å². The van der Waals surface area contributed by atoms with Crippen LogP contribution in [-0.2, 0) is 16.0 Å². The molecule has 0 radical (unpaired) electrons. The van der Waals surface area contributed by atoms with E-state index in [2.05, 4.69) is 10.3 Å². The van der Waals surface area contributed by atoms with Crippen molar-refractivity contribution in [1.82, 2.24) is 4.90 Å². The maximum atomic E-state index is 13.2. The molecule has 3 aromatic rings. The number of para-hydroxylation sites is 1. The molecule has 0 bridgehead atoms.